The third-order valence-electron chi connectivity index (χ3n) is 3.58. The Labute approximate surface area is 126 Å². The van der Waals surface area contributed by atoms with Crippen LogP contribution in [0.3, 0.4) is 0 Å². The van der Waals surface area contributed by atoms with Gasteiger partial charge in [0.2, 0.25) is 5.91 Å². The number of carbonyl (C=O) groups is 1. The fourth-order valence-electron chi connectivity index (χ4n) is 2.50. The monoisotopic (exact) mass is 298 g/mol. The summed E-state index contributed by atoms with van der Waals surface area (Å²) in [6, 6.07) is 7.80. The first-order valence-electron chi connectivity index (χ1n) is 6.82. The highest BCUT2D eigenvalue weighted by molar-refractivity contribution is 5.85. The van der Waals surface area contributed by atoms with E-state index >= 15 is 0 Å². The van der Waals surface area contributed by atoms with E-state index in [-0.39, 0.29) is 24.4 Å². The average Bonchev–Trinajstić information content (AvgIpc) is 2.48. The maximum Gasteiger partial charge on any atom is 0.239 e. The molecule has 1 aliphatic heterocycles. The third kappa shape index (κ3) is 4.12. The molecule has 0 spiro atoms. The van der Waals surface area contributed by atoms with Gasteiger partial charge in [-0.15, -0.1) is 12.4 Å². The number of carbonyl (C=O) groups excluding carboxylic acids is 1. The zero-order chi connectivity index (χ0) is 13.7. The van der Waals surface area contributed by atoms with Crippen LogP contribution in [-0.2, 0) is 11.3 Å². The minimum atomic E-state index is -0.0199. The number of para-hydroxylation sites is 1. The smallest absolute Gasteiger partial charge is 0.239 e. The van der Waals surface area contributed by atoms with Crippen LogP contribution >= 0.6 is 12.4 Å². The van der Waals surface area contributed by atoms with Crippen LogP contribution in [0.2, 0.25) is 0 Å². The van der Waals surface area contributed by atoms with Gasteiger partial charge in [-0.2, -0.15) is 0 Å². The predicted octanol–water partition coefficient (Wildman–Crippen LogP) is 2.22. The van der Waals surface area contributed by atoms with E-state index < -0.39 is 0 Å². The molecule has 2 rings (SSSR count). The summed E-state index contributed by atoms with van der Waals surface area (Å²) in [5, 5.41) is 3.29. The fraction of sp³-hybridized carbons (Fsp3) is 0.533. The lowest BCUT2D eigenvalue weighted by atomic mass is 10.0. The minimum absolute atomic E-state index is 0. The lowest BCUT2D eigenvalue weighted by molar-refractivity contribution is -0.133. The zero-order valence-corrected chi connectivity index (χ0v) is 12.9. The Morgan fingerprint density at radius 1 is 1.40 bits per heavy atom. The molecule has 0 radical (unpaired) electrons. The first kappa shape index (κ1) is 16.8. The summed E-state index contributed by atoms with van der Waals surface area (Å²) in [4.78, 5) is 14.1. The van der Waals surface area contributed by atoms with E-state index in [0.29, 0.717) is 6.54 Å². The quantitative estimate of drug-likeness (QED) is 0.927. The van der Waals surface area contributed by atoms with E-state index in [1.54, 1.807) is 12.0 Å². The maximum atomic E-state index is 12.3. The molecule has 1 saturated heterocycles. The fourth-order valence-corrected chi connectivity index (χ4v) is 2.50. The summed E-state index contributed by atoms with van der Waals surface area (Å²) in [5.41, 5.74) is 1.04. The number of hydrogen-bond acceptors (Lipinski definition) is 3. The number of halogens is 1. The first-order chi connectivity index (χ1) is 9.22. The highest BCUT2D eigenvalue weighted by Crippen LogP contribution is 2.19. The van der Waals surface area contributed by atoms with Crippen molar-refractivity contribution in [1.82, 2.24) is 10.2 Å². The van der Waals surface area contributed by atoms with Gasteiger partial charge in [-0.05, 0) is 25.5 Å². The Morgan fingerprint density at radius 2 is 2.15 bits per heavy atom. The molecule has 1 N–H and O–H groups in total. The van der Waals surface area contributed by atoms with E-state index in [0.717, 1.165) is 30.7 Å². The Hall–Kier alpha value is -1.26. The molecule has 0 bridgehead atoms. The summed E-state index contributed by atoms with van der Waals surface area (Å²) < 4.78 is 5.32. The zero-order valence-electron chi connectivity index (χ0n) is 12.1. The Kier molecular flexibility index (Phi) is 6.82. The minimum Gasteiger partial charge on any atom is -0.496 e. The number of benzene rings is 1. The number of hydrogen-bond donors (Lipinski definition) is 1. The van der Waals surface area contributed by atoms with Gasteiger partial charge in [-0.3, -0.25) is 4.79 Å². The molecule has 1 heterocycles. The van der Waals surface area contributed by atoms with Crippen molar-refractivity contribution in [3.63, 3.8) is 0 Å². The van der Waals surface area contributed by atoms with Gasteiger partial charge in [0, 0.05) is 19.2 Å². The normalized spacial score (nSPS) is 18.0. The molecule has 0 unspecified atom stereocenters. The third-order valence-corrected chi connectivity index (χ3v) is 3.58. The Balaban J connectivity index is 0.00000200. The topological polar surface area (TPSA) is 41.6 Å². The molecule has 1 fully saturated rings. The van der Waals surface area contributed by atoms with Gasteiger partial charge in [0.25, 0.3) is 0 Å². The van der Waals surface area contributed by atoms with E-state index in [1.807, 2.05) is 31.3 Å². The van der Waals surface area contributed by atoms with Crippen molar-refractivity contribution in [3.05, 3.63) is 29.8 Å². The molecular formula is C15H23ClN2O2. The molecule has 0 aliphatic carbocycles. The average molecular weight is 299 g/mol. The highest BCUT2D eigenvalue weighted by atomic mass is 35.5. The number of methoxy groups -OCH3 is 1. The molecule has 0 saturated carbocycles. The summed E-state index contributed by atoms with van der Waals surface area (Å²) in [5.74, 6) is 1.00. The van der Waals surface area contributed by atoms with Gasteiger partial charge in [-0.1, -0.05) is 24.6 Å². The Morgan fingerprint density at radius 3 is 2.80 bits per heavy atom. The van der Waals surface area contributed by atoms with Gasteiger partial charge in [0.05, 0.1) is 13.2 Å². The van der Waals surface area contributed by atoms with E-state index in [9.17, 15) is 4.79 Å². The maximum absolute atomic E-state index is 12.3. The molecule has 1 aromatic carbocycles. The summed E-state index contributed by atoms with van der Waals surface area (Å²) in [6.45, 7) is 1.53. The lowest BCUT2D eigenvalue weighted by Crippen LogP contribution is -2.47. The van der Waals surface area contributed by atoms with Crippen molar-refractivity contribution in [3.8, 4) is 5.75 Å². The summed E-state index contributed by atoms with van der Waals surface area (Å²) in [6.07, 6.45) is 3.24. The predicted molar refractivity (Wildman–Crippen MR) is 82.4 cm³/mol. The van der Waals surface area contributed by atoms with Crippen LogP contribution in [-0.4, -0.2) is 37.6 Å². The van der Waals surface area contributed by atoms with Crippen LogP contribution in [0.15, 0.2) is 24.3 Å². The second-order valence-corrected chi connectivity index (χ2v) is 5.01. The number of piperidine rings is 1. The van der Waals surface area contributed by atoms with Crippen molar-refractivity contribution in [1.29, 1.82) is 0 Å². The van der Waals surface area contributed by atoms with Crippen LogP contribution < -0.4 is 10.1 Å². The van der Waals surface area contributed by atoms with E-state index in [4.69, 9.17) is 4.74 Å². The molecule has 5 heteroatoms. The van der Waals surface area contributed by atoms with Crippen LogP contribution in [0.25, 0.3) is 0 Å². The van der Waals surface area contributed by atoms with Crippen molar-refractivity contribution in [2.75, 3.05) is 20.7 Å². The molecule has 1 atom stereocenters. The number of likely N-dealkylation sites (N-methyl/N-ethyl adjacent to an activating group) is 1. The van der Waals surface area contributed by atoms with Crippen LogP contribution in [0, 0.1) is 0 Å². The van der Waals surface area contributed by atoms with Gasteiger partial charge < -0.3 is 15.0 Å². The van der Waals surface area contributed by atoms with E-state index in [1.165, 1.54) is 6.42 Å². The molecule has 112 valence electrons. The molecule has 20 heavy (non-hydrogen) atoms. The largest absolute Gasteiger partial charge is 0.496 e. The molecule has 1 amide bonds. The molecule has 1 aliphatic rings. The lowest BCUT2D eigenvalue weighted by Gasteiger charge is -2.27. The van der Waals surface area contributed by atoms with Gasteiger partial charge >= 0.3 is 0 Å². The van der Waals surface area contributed by atoms with Gasteiger partial charge in [-0.25, -0.2) is 0 Å². The first-order valence-corrected chi connectivity index (χ1v) is 6.82. The molecule has 0 aromatic heterocycles. The molecular weight excluding hydrogens is 276 g/mol. The number of ether oxygens (including phenoxy) is 1. The van der Waals surface area contributed by atoms with Gasteiger partial charge in [0.15, 0.2) is 0 Å². The number of nitrogens with zero attached hydrogens (tertiary/aromatic N) is 1. The molecule has 1 aromatic rings. The number of amides is 1. The van der Waals surface area contributed by atoms with Crippen molar-refractivity contribution >= 4 is 18.3 Å². The summed E-state index contributed by atoms with van der Waals surface area (Å²) in [7, 11) is 3.51. The van der Waals surface area contributed by atoms with Gasteiger partial charge in [0.1, 0.15) is 5.75 Å². The van der Waals surface area contributed by atoms with Crippen molar-refractivity contribution in [2.45, 2.75) is 31.8 Å². The SMILES string of the molecule is COc1ccccc1CN(C)C(=O)[C@@H]1CCCCN1.Cl. The summed E-state index contributed by atoms with van der Waals surface area (Å²) >= 11 is 0. The second kappa shape index (κ2) is 8.12. The van der Waals surface area contributed by atoms with Crippen molar-refractivity contribution in [2.24, 2.45) is 0 Å². The highest BCUT2D eigenvalue weighted by Gasteiger charge is 2.23. The number of nitrogens with one attached hydrogen (secondary N) is 1. The second-order valence-electron chi connectivity index (χ2n) is 5.01. The van der Waals surface area contributed by atoms with Crippen molar-refractivity contribution < 1.29 is 9.53 Å². The molecule has 4 nitrogen and oxygen atoms in total. The Bertz CT molecular complexity index is 434. The van der Waals surface area contributed by atoms with Crippen LogP contribution in [0.1, 0.15) is 24.8 Å². The van der Waals surface area contributed by atoms with E-state index in [2.05, 4.69) is 5.32 Å². The van der Waals surface area contributed by atoms with Crippen LogP contribution in [0.4, 0.5) is 0 Å². The standard InChI is InChI=1S/C15H22N2O2.ClH/c1-17(15(18)13-8-5-6-10-16-13)11-12-7-3-4-9-14(12)19-2;/h3-4,7,9,13,16H,5-6,8,10-11H2,1-2H3;1H/t13-;/m0./s1. The van der Waals surface area contributed by atoms with Crippen LogP contribution in [0.5, 0.6) is 5.75 Å². The number of rotatable bonds is 4.